The minimum atomic E-state index is -1.58. The zero-order valence-electron chi connectivity index (χ0n) is 11.9. The first-order chi connectivity index (χ1) is 11.1. The van der Waals surface area contributed by atoms with Gasteiger partial charge in [-0.2, -0.15) is 0 Å². The minimum Gasteiger partial charge on any atom is -0.481 e. The number of nitro groups is 2. The second kappa shape index (κ2) is 9.42. The van der Waals surface area contributed by atoms with Crippen LogP contribution in [-0.4, -0.2) is 37.8 Å². The molecule has 1 aromatic rings. The van der Waals surface area contributed by atoms with E-state index in [0.717, 1.165) is 12.1 Å². The maximum Gasteiger partial charge on any atom is 0.372 e. The van der Waals surface area contributed by atoms with E-state index in [9.17, 15) is 34.6 Å². The number of anilines is 1. The fourth-order valence-corrected chi connectivity index (χ4v) is 1.23. The van der Waals surface area contributed by atoms with Crippen LogP contribution in [0.5, 0.6) is 0 Å². The van der Waals surface area contributed by atoms with Gasteiger partial charge in [0, 0.05) is 12.5 Å². The van der Waals surface area contributed by atoms with Gasteiger partial charge < -0.3 is 15.6 Å². The number of aliphatic carboxylic acids is 2. The number of nitrogens with one attached hydrogen (secondary N) is 1. The molecule has 1 aromatic carbocycles. The number of rotatable bonds is 7. The number of hydrogen-bond donors (Lipinski definition) is 4. The Hall–Kier alpha value is -3.61. The summed E-state index contributed by atoms with van der Waals surface area (Å²) in [7, 11) is 0. The smallest absolute Gasteiger partial charge is 0.372 e. The highest BCUT2D eigenvalue weighted by Gasteiger charge is 2.18. The number of ketones is 1. The molecule has 0 saturated carbocycles. The Labute approximate surface area is 133 Å². The molecular formula is C11H12N4O9. The molecule has 0 spiro atoms. The predicted molar refractivity (Wildman–Crippen MR) is 77.1 cm³/mol. The van der Waals surface area contributed by atoms with Gasteiger partial charge in [0.15, 0.2) is 0 Å². The number of nitrogens with two attached hydrogens (primary N) is 1. The molecule has 0 atom stereocenters. The summed E-state index contributed by atoms with van der Waals surface area (Å²) in [5.41, 5.74) is 1.33. The van der Waals surface area contributed by atoms with Crippen molar-refractivity contribution >= 4 is 34.8 Å². The minimum absolute atomic E-state index is 0.0283. The summed E-state index contributed by atoms with van der Waals surface area (Å²) < 4.78 is 0. The summed E-state index contributed by atoms with van der Waals surface area (Å²) in [6.07, 6.45) is -0.865. The lowest BCUT2D eigenvalue weighted by Crippen LogP contribution is -2.13. The van der Waals surface area contributed by atoms with Crippen molar-refractivity contribution in [1.29, 1.82) is 0 Å². The van der Waals surface area contributed by atoms with E-state index in [0.29, 0.717) is 0 Å². The van der Waals surface area contributed by atoms with Crippen LogP contribution in [0.15, 0.2) is 18.2 Å². The number of nitrogens with zero attached hydrogens (tertiary/aromatic N) is 2. The van der Waals surface area contributed by atoms with Gasteiger partial charge in [-0.15, -0.1) is 0 Å². The van der Waals surface area contributed by atoms with Crippen LogP contribution in [0.2, 0.25) is 0 Å². The molecule has 0 amide bonds. The van der Waals surface area contributed by atoms with Crippen LogP contribution in [0.4, 0.5) is 17.1 Å². The van der Waals surface area contributed by atoms with Crippen molar-refractivity contribution in [3.8, 4) is 0 Å². The first kappa shape index (κ1) is 20.4. The summed E-state index contributed by atoms with van der Waals surface area (Å²) in [5, 5.41) is 36.7. The molecule has 0 saturated heterocycles. The van der Waals surface area contributed by atoms with Gasteiger partial charge in [-0.3, -0.25) is 35.7 Å². The van der Waals surface area contributed by atoms with E-state index in [1.54, 1.807) is 0 Å². The lowest BCUT2D eigenvalue weighted by atomic mass is 10.2. The van der Waals surface area contributed by atoms with Crippen molar-refractivity contribution in [2.75, 3.05) is 5.43 Å². The molecule has 0 aromatic heterocycles. The number of nitro benzene ring substituents is 2. The Morgan fingerprint density at radius 2 is 1.67 bits per heavy atom. The van der Waals surface area contributed by atoms with Gasteiger partial charge in [-0.1, -0.05) is 0 Å². The largest absolute Gasteiger partial charge is 0.481 e. The molecule has 0 aliphatic heterocycles. The Morgan fingerprint density at radius 3 is 2.04 bits per heavy atom. The van der Waals surface area contributed by atoms with E-state index in [1.807, 2.05) is 0 Å². The standard InChI is InChI=1S/C6H6N4O4.C5H6O5/c7-8-5-2-1-4(9(11)12)3-6(5)10(13)14;6-3(5(9)10)1-2-4(7)8/h1-3,8H,7H2;1-2H2,(H,7,8)(H,9,10). The van der Waals surface area contributed by atoms with Gasteiger partial charge >= 0.3 is 17.6 Å². The number of carboxylic acid groups (broad SMARTS) is 2. The number of carbonyl (C=O) groups excluding carboxylic acids is 1. The molecule has 0 heterocycles. The Morgan fingerprint density at radius 1 is 1.08 bits per heavy atom. The number of non-ortho nitro benzene ring substituents is 1. The average molecular weight is 344 g/mol. The number of Topliss-reactive ketones (excluding diaryl/α,β-unsaturated/α-hetero) is 1. The topological polar surface area (TPSA) is 216 Å². The van der Waals surface area contributed by atoms with Crippen LogP contribution >= 0.6 is 0 Å². The van der Waals surface area contributed by atoms with Crippen LogP contribution in [0, 0.1) is 20.2 Å². The highest BCUT2D eigenvalue weighted by Crippen LogP contribution is 2.27. The number of benzene rings is 1. The van der Waals surface area contributed by atoms with E-state index in [2.05, 4.69) is 5.43 Å². The van der Waals surface area contributed by atoms with Gasteiger partial charge in [0.25, 0.3) is 5.69 Å². The maximum absolute atomic E-state index is 10.4. The molecule has 13 heteroatoms. The van der Waals surface area contributed by atoms with E-state index in [4.69, 9.17) is 16.1 Å². The molecular weight excluding hydrogens is 332 g/mol. The molecule has 24 heavy (non-hydrogen) atoms. The summed E-state index contributed by atoms with van der Waals surface area (Å²) in [6.45, 7) is 0. The molecule has 13 nitrogen and oxygen atoms in total. The van der Waals surface area contributed by atoms with E-state index in [-0.39, 0.29) is 11.4 Å². The van der Waals surface area contributed by atoms with Crippen molar-refractivity contribution in [3.63, 3.8) is 0 Å². The second-order valence-electron chi connectivity index (χ2n) is 3.98. The zero-order chi connectivity index (χ0) is 18.9. The summed E-state index contributed by atoms with van der Waals surface area (Å²) in [6, 6.07) is 3.15. The first-order valence-corrected chi connectivity index (χ1v) is 5.97. The third-order valence-electron chi connectivity index (χ3n) is 2.35. The number of nitrogen functional groups attached to an aromatic ring is 1. The lowest BCUT2D eigenvalue weighted by Gasteiger charge is -2.00. The molecule has 130 valence electrons. The Kier molecular flexibility index (Phi) is 8.00. The number of carbonyl (C=O) groups is 3. The second-order valence-corrected chi connectivity index (χ2v) is 3.98. The highest BCUT2D eigenvalue weighted by molar-refractivity contribution is 6.32. The van der Waals surface area contributed by atoms with Crippen LogP contribution in [0.25, 0.3) is 0 Å². The van der Waals surface area contributed by atoms with Gasteiger partial charge in [0.05, 0.1) is 22.3 Å². The van der Waals surface area contributed by atoms with Gasteiger partial charge in [-0.05, 0) is 6.07 Å². The summed E-state index contributed by atoms with van der Waals surface area (Å²) in [5.74, 6) is 1.17. The third kappa shape index (κ3) is 6.90. The zero-order valence-corrected chi connectivity index (χ0v) is 11.9. The summed E-state index contributed by atoms with van der Waals surface area (Å²) in [4.78, 5) is 49.0. The first-order valence-electron chi connectivity index (χ1n) is 5.97. The fraction of sp³-hybridized carbons (Fsp3) is 0.182. The number of hydrazine groups is 1. The third-order valence-corrected chi connectivity index (χ3v) is 2.35. The SMILES string of the molecule is NNc1ccc([N+](=O)[O-])cc1[N+](=O)[O-].O=C(O)CCC(=O)C(=O)O. The van der Waals surface area contributed by atoms with Crippen LogP contribution in [-0.2, 0) is 14.4 Å². The normalized spacial score (nSPS) is 9.21. The molecule has 5 N–H and O–H groups in total. The fourth-order valence-electron chi connectivity index (χ4n) is 1.23. The van der Waals surface area contributed by atoms with Gasteiger partial charge in [0.1, 0.15) is 5.69 Å². The van der Waals surface area contributed by atoms with Gasteiger partial charge in [-0.25, -0.2) is 4.79 Å². The number of hydrogen-bond acceptors (Lipinski definition) is 9. The summed E-state index contributed by atoms with van der Waals surface area (Å²) >= 11 is 0. The van der Waals surface area contributed by atoms with E-state index >= 15 is 0 Å². The molecule has 0 unspecified atom stereocenters. The van der Waals surface area contributed by atoms with Crippen molar-refractivity contribution in [2.24, 2.45) is 5.84 Å². The lowest BCUT2D eigenvalue weighted by molar-refractivity contribution is -0.393. The van der Waals surface area contributed by atoms with Crippen molar-refractivity contribution in [3.05, 3.63) is 38.4 Å². The van der Waals surface area contributed by atoms with E-state index < -0.39 is 46.1 Å². The monoisotopic (exact) mass is 344 g/mol. The van der Waals surface area contributed by atoms with Gasteiger partial charge in [0.2, 0.25) is 5.78 Å². The van der Waals surface area contributed by atoms with Crippen LogP contribution in [0.1, 0.15) is 12.8 Å². The molecule has 0 radical (unpaired) electrons. The van der Waals surface area contributed by atoms with Crippen molar-refractivity contribution < 1.29 is 34.4 Å². The quantitative estimate of drug-likeness (QED) is 0.228. The molecule has 0 aliphatic rings. The molecule has 0 fully saturated rings. The van der Waals surface area contributed by atoms with Crippen molar-refractivity contribution in [2.45, 2.75) is 12.8 Å². The van der Waals surface area contributed by atoms with E-state index in [1.165, 1.54) is 6.07 Å². The maximum atomic E-state index is 10.4. The van der Waals surface area contributed by atoms with Crippen LogP contribution < -0.4 is 11.3 Å². The molecule has 0 aliphatic carbocycles. The molecule has 0 bridgehead atoms. The molecule has 1 rings (SSSR count). The van der Waals surface area contributed by atoms with Crippen LogP contribution in [0.3, 0.4) is 0 Å². The number of carboxylic acids is 2. The Bertz CT molecular complexity index is 673. The highest BCUT2D eigenvalue weighted by atomic mass is 16.6. The Balaban J connectivity index is 0.000000470. The van der Waals surface area contributed by atoms with Crippen molar-refractivity contribution in [1.82, 2.24) is 0 Å². The average Bonchev–Trinajstić information content (AvgIpc) is 2.52. The predicted octanol–water partition coefficient (Wildman–Crippen LogP) is 0.293.